The van der Waals surface area contributed by atoms with Crippen molar-refractivity contribution in [3.8, 4) is 0 Å². The van der Waals surface area contributed by atoms with E-state index in [1.54, 1.807) is 0 Å². The van der Waals surface area contributed by atoms with Gasteiger partial charge in [0, 0.05) is 12.2 Å². The third kappa shape index (κ3) is 3.08. The largest absolute Gasteiger partial charge is 0.478 e. The van der Waals surface area contributed by atoms with Crippen LogP contribution >= 0.6 is 11.6 Å². The van der Waals surface area contributed by atoms with Crippen molar-refractivity contribution >= 4 is 23.4 Å². The lowest BCUT2D eigenvalue weighted by molar-refractivity contribution is 0.0696. The van der Waals surface area contributed by atoms with Gasteiger partial charge in [0.15, 0.2) is 0 Å². The van der Waals surface area contributed by atoms with E-state index in [-0.39, 0.29) is 5.56 Å². The van der Waals surface area contributed by atoms with Crippen LogP contribution in [0.2, 0.25) is 5.02 Å². The molecule has 0 aliphatic carbocycles. The van der Waals surface area contributed by atoms with E-state index in [0.29, 0.717) is 16.9 Å². The lowest BCUT2D eigenvalue weighted by Crippen LogP contribution is -2.35. The fourth-order valence-corrected chi connectivity index (χ4v) is 2.04. The third-order valence-electron chi connectivity index (χ3n) is 2.77. The number of anilines is 1. The van der Waals surface area contributed by atoms with Gasteiger partial charge in [0.1, 0.15) is 5.82 Å². The Morgan fingerprint density at radius 3 is 2.82 bits per heavy atom. The number of aromatic carboxylic acids is 1. The van der Waals surface area contributed by atoms with Crippen LogP contribution in [0.5, 0.6) is 0 Å². The number of piperidine rings is 1. The van der Waals surface area contributed by atoms with Crippen LogP contribution in [-0.4, -0.2) is 35.2 Å². The Labute approximate surface area is 104 Å². The predicted molar refractivity (Wildman–Crippen MR) is 65.7 cm³/mol. The van der Waals surface area contributed by atoms with Crippen LogP contribution in [0, 0.1) is 0 Å². The molecule has 0 radical (unpaired) electrons. The molecule has 0 aromatic carbocycles. The zero-order chi connectivity index (χ0) is 12.3. The minimum Gasteiger partial charge on any atom is -0.478 e. The molecule has 3 N–H and O–H groups in total. The summed E-state index contributed by atoms with van der Waals surface area (Å²) in [5.74, 6) is -0.462. The van der Waals surface area contributed by atoms with Crippen LogP contribution < -0.4 is 10.6 Å². The molecule has 17 heavy (non-hydrogen) atoms. The van der Waals surface area contributed by atoms with E-state index < -0.39 is 5.97 Å². The number of halogens is 1. The number of pyridine rings is 1. The van der Waals surface area contributed by atoms with E-state index in [1.165, 1.54) is 12.3 Å². The average molecular weight is 256 g/mol. The molecular formula is C11H14ClN3O2. The maximum atomic E-state index is 10.7. The van der Waals surface area contributed by atoms with Crippen LogP contribution in [0.25, 0.3) is 0 Å². The Hall–Kier alpha value is -1.33. The summed E-state index contributed by atoms with van der Waals surface area (Å²) in [6, 6.07) is 1.76. The van der Waals surface area contributed by atoms with Gasteiger partial charge in [-0.15, -0.1) is 0 Å². The van der Waals surface area contributed by atoms with Crippen LogP contribution in [0.3, 0.4) is 0 Å². The first-order chi connectivity index (χ1) is 8.16. The van der Waals surface area contributed by atoms with Crippen molar-refractivity contribution in [1.82, 2.24) is 10.3 Å². The van der Waals surface area contributed by atoms with Gasteiger partial charge in [0.25, 0.3) is 0 Å². The Morgan fingerprint density at radius 2 is 2.24 bits per heavy atom. The van der Waals surface area contributed by atoms with E-state index in [0.717, 1.165) is 25.9 Å². The van der Waals surface area contributed by atoms with Gasteiger partial charge in [-0.1, -0.05) is 11.6 Å². The Kier molecular flexibility index (Phi) is 3.81. The molecule has 2 heterocycles. The molecule has 0 amide bonds. The molecule has 0 atom stereocenters. The SMILES string of the molecule is O=C(O)c1cnc(NC2CCNCC2)c(Cl)c1. The van der Waals surface area contributed by atoms with Gasteiger partial charge in [-0.2, -0.15) is 0 Å². The molecule has 1 aromatic rings. The normalized spacial score (nSPS) is 16.8. The van der Waals surface area contributed by atoms with Crippen LogP contribution in [-0.2, 0) is 0 Å². The van der Waals surface area contributed by atoms with E-state index in [4.69, 9.17) is 16.7 Å². The summed E-state index contributed by atoms with van der Waals surface area (Å²) in [6.07, 6.45) is 3.34. The zero-order valence-electron chi connectivity index (χ0n) is 9.24. The summed E-state index contributed by atoms with van der Waals surface area (Å²) in [5, 5.41) is 15.7. The number of hydrogen-bond donors (Lipinski definition) is 3. The first-order valence-electron chi connectivity index (χ1n) is 5.53. The fraction of sp³-hybridized carbons (Fsp3) is 0.455. The Morgan fingerprint density at radius 1 is 1.53 bits per heavy atom. The number of nitrogens with one attached hydrogen (secondary N) is 2. The highest BCUT2D eigenvalue weighted by Gasteiger charge is 2.15. The number of rotatable bonds is 3. The second-order valence-corrected chi connectivity index (χ2v) is 4.44. The molecule has 2 rings (SSSR count). The van der Waals surface area contributed by atoms with Crippen molar-refractivity contribution in [3.63, 3.8) is 0 Å². The number of carboxylic acids is 1. The zero-order valence-corrected chi connectivity index (χ0v) is 10.00. The predicted octanol–water partition coefficient (Wildman–Crippen LogP) is 1.60. The first-order valence-corrected chi connectivity index (χ1v) is 5.90. The number of hydrogen-bond acceptors (Lipinski definition) is 4. The van der Waals surface area contributed by atoms with Crippen molar-refractivity contribution in [1.29, 1.82) is 0 Å². The summed E-state index contributed by atoms with van der Waals surface area (Å²) >= 11 is 5.99. The fourth-order valence-electron chi connectivity index (χ4n) is 1.82. The van der Waals surface area contributed by atoms with Gasteiger partial charge in [0.05, 0.1) is 10.6 Å². The van der Waals surface area contributed by atoms with E-state index in [2.05, 4.69) is 15.6 Å². The van der Waals surface area contributed by atoms with Crippen LogP contribution in [0.4, 0.5) is 5.82 Å². The van der Waals surface area contributed by atoms with Gasteiger partial charge < -0.3 is 15.7 Å². The molecule has 6 heteroatoms. The summed E-state index contributed by atoms with van der Waals surface area (Å²) in [6.45, 7) is 1.95. The van der Waals surface area contributed by atoms with Crippen molar-refractivity contribution in [2.45, 2.75) is 18.9 Å². The smallest absolute Gasteiger partial charge is 0.337 e. The number of carboxylic acid groups (broad SMARTS) is 1. The minimum absolute atomic E-state index is 0.103. The van der Waals surface area contributed by atoms with Crippen molar-refractivity contribution in [3.05, 3.63) is 22.8 Å². The number of carbonyl (C=O) groups is 1. The molecule has 5 nitrogen and oxygen atoms in total. The number of nitrogens with zero attached hydrogens (tertiary/aromatic N) is 1. The monoisotopic (exact) mass is 255 g/mol. The lowest BCUT2D eigenvalue weighted by Gasteiger charge is -2.24. The quantitative estimate of drug-likeness (QED) is 0.765. The average Bonchev–Trinajstić information content (AvgIpc) is 2.33. The maximum Gasteiger partial charge on any atom is 0.337 e. The third-order valence-corrected chi connectivity index (χ3v) is 3.06. The Balaban J connectivity index is 2.08. The van der Waals surface area contributed by atoms with Crippen molar-refractivity contribution < 1.29 is 9.90 Å². The molecule has 1 aliphatic rings. The second-order valence-electron chi connectivity index (χ2n) is 4.03. The maximum absolute atomic E-state index is 10.7. The molecule has 0 bridgehead atoms. The minimum atomic E-state index is -1.02. The van der Waals surface area contributed by atoms with E-state index in [9.17, 15) is 4.79 Å². The molecule has 1 fully saturated rings. The summed E-state index contributed by atoms with van der Waals surface area (Å²) < 4.78 is 0. The van der Waals surface area contributed by atoms with Crippen molar-refractivity contribution in [2.24, 2.45) is 0 Å². The highest BCUT2D eigenvalue weighted by atomic mass is 35.5. The topological polar surface area (TPSA) is 74.2 Å². The lowest BCUT2D eigenvalue weighted by atomic mass is 10.1. The van der Waals surface area contributed by atoms with Gasteiger partial charge in [-0.25, -0.2) is 9.78 Å². The molecular weight excluding hydrogens is 242 g/mol. The van der Waals surface area contributed by atoms with Crippen molar-refractivity contribution in [2.75, 3.05) is 18.4 Å². The first kappa shape index (κ1) is 12.1. The van der Waals surface area contributed by atoms with Gasteiger partial charge >= 0.3 is 5.97 Å². The molecule has 92 valence electrons. The number of aromatic nitrogens is 1. The summed E-state index contributed by atoms with van der Waals surface area (Å²) in [4.78, 5) is 14.8. The highest BCUT2D eigenvalue weighted by molar-refractivity contribution is 6.33. The van der Waals surface area contributed by atoms with Crippen LogP contribution in [0.1, 0.15) is 23.2 Å². The molecule has 0 spiro atoms. The van der Waals surface area contributed by atoms with Crippen LogP contribution in [0.15, 0.2) is 12.3 Å². The van der Waals surface area contributed by atoms with Gasteiger partial charge in [0.2, 0.25) is 0 Å². The standard InChI is InChI=1S/C11H14ClN3O2/c12-9-5-7(11(16)17)6-14-10(9)15-8-1-3-13-4-2-8/h5-6,8,13H,1-4H2,(H,14,15)(H,16,17). The molecule has 1 saturated heterocycles. The summed E-state index contributed by atoms with van der Waals surface area (Å²) in [5.41, 5.74) is 0.103. The molecule has 1 aliphatic heterocycles. The van der Waals surface area contributed by atoms with E-state index >= 15 is 0 Å². The van der Waals surface area contributed by atoms with Gasteiger partial charge in [-0.05, 0) is 32.0 Å². The Bertz CT molecular complexity index is 419. The summed E-state index contributed by atoms with van der Waals surface area (Å²) in [7, 11) is 0. The highest BCUT2D eigenvalue weighted by Crippen LogP contribution is 2.22. The molecule has 0 unspecified atom stereocenters. The van der Waals surface area contributed by atoms with E-state index in [1.807, 2.05) is 0 Å². The molecule has 0 saturated carbocycles. The second kappa shape index (κ2) is 5.33. The molecule has 1 aromatic heterocycles. The van der Waals surface area contributed by atoms with Gasteiger partial charge in [-0.3, -0.25) is 0 Å².